The van der Waals surface area contributed by atoms with E-state index in [-0.39, 0.29) is 5.91 Å². The number of nitriles is 1. The molecule has 1 heterocycles. The summed E-state index contributed by atoms with van der Waals surface area (Å²) in [6, 6.07) is 16.6. The first-order valence-electron chi connectivity index (χ1n) is 7.26. The molecular formula is C19H15N3O. The summed E-state index contributed by atoms with van der Waals surface area (Å²) in [6.07, 6.45) is 0. The maximum Gasteiger partial charge on any atom is 0.256 e. The van der Waals surface area contributed by atoms with Gasteiger partial charge in [0.25, 0.3) is 5.91 Å². The number of nitrogens with one attached hydrogen (secondary N) is 1. The number of carbonyl (C=O) groups is 1. The predicted octanol–water partition coefficient (Wildman–Crippen LogP) is 3.98. The highest BCUT2D eigenvalue weighted by Crippen LogP contribution is 2.21. The van der Waals surface area contributed by atoms with Gasteiger partial charge in [0.2, 0.25) is 0 Å². The first kappa shape index (κ1) is 14.7. The molecule has 1 aromatic heterocycles. The molecule has 112 valence electrons. The number of carbonyl (C=O) groups excluding carboxylic acids is 1. The smallest absolute Gasteiger partial charge is 0.256 e. The maximum absolute atomic E-state index is 12.7. The summed E-state index contributed by atoms with van der Waals surface area (Å²) in [6.45, 7) is 3.85. The SMILES string of the molecule is Cc1ccc2nc(C)cc(C(=O)Nc3cccc(C#N)c3)c2c1. The number of benzene rings is 2. The number of hydrogen-bond acceptors (Lipinski definition) is 3. The molecule has 0 unspecified atom stereocenters. The third-order valence-corrected chi connectivity index (χ3v) is 3.59. The fourth-order valence-corrected chi connectivity index (χ4v) is 2.52. The zero-order valence-electron chi connectivity index (χ0n) is 12.9. The Morgan fingerprint density at radius 3 is 2.74 bits per heavy atom. The standard InChI is InChI=1S/C19H15N3O/c1-12-6-7-18-16(8-12)17(9-13(2)21-18)19(23)22-15-5-3-4-14(10-15)11-20/h3-10H,1-2H3,(H,22,23). The van der Waals surface area contributed by atoms with Crippen molar-refractivity contribution in [1.29, 1.82) is 5.26 Å². The quantitative estimate of drug-likeness (QED) is 0.778. The Hall–Kier alpha value is -3.19. The van der Waals surface area contributed by atoms with Crippen LogP contribution >= 0.6 is 0 Å². The van der Waals surface area contributed by atoms with Crippen LogP contribution in [-0.2, 0) is 0 Å². The molecule has 0 atom stereocenters. The highest BCUT2D eigenvalue weighted by molar-refractivity contribution is 6.12. The maximum atomic E-state index is 12.7. The molecule has 4 nitrogen and oxygen atoms in total. The summed E-state index contributed by atoms with van der Waals surface area (Å²) in [5.41, 5.74) is 4.35. The van der Waals surface area contributed by atoms with Gasteiger partial charge in [-0.3, -0.25) is 9.78 Å². The molecule has 1 N–H and O–H groups in total. The predicted molar refractivity (Wildman–Crippen MR) is 90.3 cm³/mol. The van der Waals surface area contributed by atoms with Crippen molar-refractivity contribution in [2.24, 2.45) is 0 Å². The van der Waals surface area contributed by atoms with Gasteiger partial charge >= 0.3 is 0 Å². The first-order chi connectivity index (χ1) is 11.1. The fraction of sp³-hybridized carbons (Fsp3) is 0.105. The Morgan fingerprint density at radius 1 is 1.13 bits per heavy atom. The third kappa shape index (κ3) is 3.04. The summed E-state index contributed by atoms with van der Waals surface area (Å²) in [7, 11) is 0. The van der Waals surface area contributed by atoms with Crippen LogP contribution in [0.3, 0.4) is 0 Å². The van der Waals surface area contributed by atoms with Gasteiger partial charge < -0.3 is 5.32 Å². The number of aromatic nitrogens is 1. The number of rotatable bonds is 2. The van der Waals surface area contributed by atoms with E-state index in [4.69, 9.17) is 5.26 Å². The van der Waals surface area contributed by atoms with Crippen LogP contribution in [0.2, 0.25) is 0 Å². The third-order valence-electron chi connectivity index (χ3n) is 3.59. The highest BCUT2D eigenvalue weighted by Gasteiger charge is 2.12. The van der Waals surface area contributed by atoms with Crippen LogP contribution in [0.1, 0.15) is 27.2 Å². The van der Waals surface area contributed by atoms with E-state index in [1.54, 1.807) is 30.3 Å². The number of amides is 1. The Bertz CT molecular complexity index is 954. The van der Waals surface area contributed by atoms with E-state index < -0.39 is 0 Å². The van der Waals surface area contributed by atoms with Crippen molar-refractivity contribution in [2.75, 3.05) is 5.32 Å². The van der Waals surface area contributed by atoms with Crippen LogP contribution in [0.25, 0.3) is 10.9 Å². The highest BCUT2D eigenvalue weighted by atomic mass is 16.1. The van der Waals surface area contributed by atoms with Crippen LogP contribution in [-0.4, -0.2) is 10.9 Å². The van der Waals surface area contributed by atoms with Gasteiger partial charge in [-0.1, -0.05) is 17.7 Å². The second-order valence-corrected chi connectivity index (χ2v) is 5.48. The molecule has 1 amide bonds. The van der Waals surface area contributed by atoms with Gasteiger partial charge in [0.05, 0.1) is 22.7 Å². The Kier molecular flexibility index (Phi) is 3.78. The summed E-state index contributed by atoms with van der Waals surface area (Å²) < 4.78 is 0. The van der Waals surface area contributed by atoms with Gasteiger partial charge in [-0.2, -0.15) is 5.26 Å². The average Bonchev–Trinajstić information content (AvgIpc) is 2.54. The second-order valence-electron chi connectivity index (χ2n) is 5.48. The number of hydrogen-bond donors (Lipinski definition) is 1. The molecule has 2 aromatic carbocycles. The minimum absolute atomic E-state index is 0.207. The molecule has 4 heteroatoms. The van der Waals surface area contributed by atoms with Crippen LogP contribution in [0.15, 0.2) is 48.5 Å². The lowest BCUT2D eigenvalue weighted by molar-refractivity contribution is 0.102. The number of nitrogens with zero attached hydrogens (tertiary/aromatic N) is 2. The molecule has 0 saturated carbocycles. The zero-order chi connectivity index (χ0) is 16.4. The summed E-state index contributed by atoms with van der Waals surface area (Å²) >= 11 is 0. The monoisotopic (exact) mass is 301 g/mol. The number of aryl methyl sites for hydroxylation is 2. The van der Waals surface area contributed by atoms with Gasteiger partial charge in [0.1, 0.15) is 0 Å². The number of pyridine rings is 1. The van der Waals surface area contributed by atoms with E-state index in [0.29, 0.717) is 16.8 Å². The van der Waals surface area contributed by atoms with Crippen LogP contribution in [0.5, 0.6) is 0 Å². The first-order valence-corrected chi connectivity index (χ1v) is 7.26. The van der Waals surface area contributed by atoms with Crippen LogP contribution in [0.4, 0.5) is 5.69 Å². The summed E-state index contributed by atoms with van der Waals surface area (Å²) in [5, 5.41) is 12.6. The minimum atomic E-state index is -0.207. The molecule has 0 radical (unpaired) electrons. The van der Waals surface area contributed by atoms with Gasteiger partial charge in [0.15, 0.2) is 0 Å². The average molecular weight is 301 g/mol. The van der Waals surface area contributed by atoms with Gasteiger partial charge in [-0.25, -0.2) is 0 Å². The molecule has 0 fully saturated rings. The van der Waals surface area contributed by atoms with Crippen molar-refractivity contribution >= 4 is 22.5 Å². The minimum Gasteiger partial charge on any atom is -0.322 e. The van der Waals surface area contributed by atoms with E-state index in [1.165, 1.54) is 0 Å². The van der Waals surface area contributed by atoms with E-state index in [1.807, 2.05) is 32.0 Å². The molecule has 3 aromatic rings. The largest absolute Gasteiger partial charge is 0.322 e. The molecule has 3 rings (SSSR count). The van der Waals surface area contributed by atoms with E-state index >= 15 is 0 Å². The van der Waals surface area contributed by atoms with Crippen molar-refractivity contribution in [3.63, 3.8) is 0 Å². The summed E-state index contributed by atoms with van der Waals surface area (Å²) in [4.78, 5) is 17.1. The second kappa shape index (κ2) is 5.90. The molecule has 0 spiro atoms. The Morgan fingerprint density at radius 2 is 1.96 bits per heavy atom. The molecule has 0 bridgehead atoms. The fourth-order valence-electron chi connectivity index (χ4n) is 2.52. The van der Waals surface area contributed by atoms with E-state index in [0.717, 1.165) is 22.2 Å². The van der Waals surface area contributed by atoms with Gasteiger partial charge in [-0.05, 0) is 50.2 Å². The van der Waals surface area contributed by atoms with Gasteiger partial charge in [-0.15, -0.1) is 0 Å². The van der Waals surface area contributed by atoms with Crippen molar-refractivity contribution < 1.29 is 4.79 Å². The zero-order valence-corrected chi connectivity index (χ0v) is 12.9. The van der Waals surface area contributed by atoms with E-state index in [9.17, 15) is 4.79 Å². The normalized spacial score (nSPS) is 10.3. The van der Waals surface area contributed by atoms with Crippen molar-refractivity contribution in [3.8, 4) is 6.07 Å². The molecule has 0 aliphatic rings. The van der Waals surface area contributed by atoms with Crippen LogP contribution in [0, 0.1) is 25.2 Å². The summed E-state index contributed by atoms with van der Waals surface area (Å²) in [5.74, 6) is -0.207. The van der Waals surface area contributed by atoms with Crippen molar-refractivity contribution in [3.05, 3.63) is 70.9 Å². The van der Waals surface area contributed by atoms with Crippen LogP contribution < -0.4 is 5.32 Å². The molecule has 0 saturated heterocycles. The lowest BCUT2D eigenvalue weighted by atomic mass is 10.0. The Labute approximate surface area is 134 Å². The topological polar surface area (TPSA) is 65.8 Å². The molecule has 0 aliphatic carbocycles. The molecule has 23 heavy (non-hydrogen) atoms. The van der Waals surface area contributed by atoms with Crippen molar-refractivity contribution in [2.45, 2.75) is 13.8 Å². The Balaban J connectivity index is 2.03. The molecular weight excluding hydrogens is 286 g/mol. The number of fused-ring (bicyclic) bond motifs is 1. The van der Waals surface area contributed by atoms with E-state index in [2.05, 4.69) is 16.4 Å². The molecule has 0 aliphatic heterocycles. The van der Waals surface area contributed by atoms with Crippen molar-refractivity contribution in [1.82, 2.24) is 4.98 Å². The lowest BCUT2D eigenvalue weighted by Gasteiger charge is -2.10. The lowest BCUT2D eigenvalue weighted by Crippen LogP contribution is -2.13. The number of anilines is 1. The van der Waals surface area contributed by atoms with Gasteiger partial charge in [0, 0.05) is 16.8 Å².